The second-order valence-corrected chi connectivity index (χ2v) is 6.54. The van der Waals surface area contributed by atoms with Crippen LogP contribution in [0.15, 0.2) is 60.9 Å². The second-order valence-electron chi connectivity index (χ2n) is 6.54. The number of nitrogens with one attached hydrogen (secondary N) is 1. The van der Waals surface area contributed by atoms with Gasteiger partial charge in [0.05, 0.1) is 5.92 Å². The van der Waals surface area contributed by atoms with Gasteiger partial charge in [-0.25, -0.2) is 0 Å². The molecular weight excluding hydrogens is 312 g/mol. The summed E-state index contributed by atoms with van der Waals surface area (Å²) in [6, 6.07) is 14.2. The molecule has 1 aliphatic heterocycles. The molecule has 0 radical (unpaired) electrons. The van der Waals surface area contributed by atoms with Crippen molar-refractivity contribution in [3.05, 3.63) is 72.1 Å². The average molecular weight is 336 g/mol. The summed E-state index contributed by atoms with van der Waals surface area (Å²) < 4.78 is 0. The number of piperidine rings is 1. The molecule has 25 heavy (non-hydrogen) atoms. The molecule has 3 unspecified atom stereocenters. The standard InChI is InChI=1S/C21H24N2O2/c24-21(25)20-15-23-14-11-19(20)18(17-6-2-1-3-7-17)8-4-5-16-9-12-22-13-10-16/h1-7,9-10,12-13,18-20,23H,8,11,14-15H2,(H,24,25). The van der Waals surface area contributed by atoms with Gasteiger partial charge >= 0.3 is 5.97 Å². The highest BCUT2D eigenvalue weighted by molar-refractivity contribution is 5.71. The van der Waals surface area contributed by atoms with Crippen molar-refractivity contribution in [2.75, 3.05) is 13.1 Å². The summed E-state index contributed by atoms with van der Waals surface area (Å²) in [5.41, 5.74) is 2.34. The highest BCUT2D eigenvalue weighted by Gasteiger charge is 2.36. The fourth-order valence-electron chi connectivity index (χ4n) is 3.71. The molecule has 0 aliphatic carbocycles. The molecule has 1 aromatic heterocycles. The highest BCUT2D eigenvalue weighted by atomic mass is 16.4. The Bertz CT molecular complexity index is 700. The van der Waals surface area contributed by atoms with Crippen LogP contribution in [0.3, 0.4) is 0 Å². The molecule has 4 nitrogen and oxygen atoms in total. The number of rotatable bonds is 6. The van der Waals surface area contributed by atoms with E-state index >= 15 is 0 Å². The maximum Gasteiger partial charge on any atom is 0.308 e. The fraction of sp³-hybridized carbons (Fsp3) is 0.333. The van der Waals surface area contributed by atoms with Crippen LogP contribution in [-0.4, -0.2) is 29.1 Å². The smallest absolute Gasteiger partial charge is 0.308 e. The lowest BCUT2D eigenvalue weighted by atomic mass is 9.73. The van der Waals surface area contributed by atoms with Crippen LogP contribution >= 0.6 is 0 Å². The van der Waals surface area contributed by atoms with Crippen LogP contribution in [-0.2, 0) is 4.79 Å². The Morgan fingerprint density at radius 3 is 2.72 bits per heavy atom. The topological polar surface area (TPSA) is 62.2 Å². The largest absolute Gasteiger partial charge is 0.481 e. The summed E-state index contributed by atoms with van der Waals surface area (Å²) in [4.78, 5) is 15.8. The van der Waals surface area contributed by atoms with Crippen molar-refractivity contribution in [1.29, 1.82) is 0 Å². The number of carboxylic acids is 1. The molecule has 2 aromatic rings. The lowest BCUT2D eigenvalue weighted by Crippen LogP contribution is -2.43. The van der Waals surface area contributed by atoms with Gasteiger partial charge in [0.15, 0.2) is 0 Å². The highest BCUT2D eigenvalue weighted by Crippen LogP contribution is 2.37. The summed E-state index contributed by atoms with van der Waals surface area (Å²) in [5, 5.41) is 12.9. The van der Waals surface area contributed by atoms with E-state index in [0.29, 0.717) is 6.54 Å². The van der Waals surface area contributed by atoms with Crippen LogP contribution in [0, 0.1) is 11.8 Å². The normalized spacial score (nSPS) is 21.9. The molecule has 4 heteroatoms. The molecule has 1 aromatic carbocycles. The second kappa shape index (κ2) is 8.58. The Kier molecular flexibility index (Phi) is 5.96. The first-order valence-corrected chi connectivity index (χ1v) is 8.80. The summed E-state index contributed by atoms with van der Waals surface area (Å²) in [7, 11) is 0. The van der Waals surface area contributed by atoms with Gasteiger partial charge in [0.1, 0.15) is 0 Å². The zero-order valence-corrected chi connectivity index (χ0v) is 14.2. The maximum atomic E-state index is 11.7. The van der Waals surface area contributed by atoms with E-state index in [9.17, 15) is 9.90 Å². The quantitative estimate of drug-likeness (QED) is 0.846. The third-order valence-corrected chi connectivity index (χ3v) is 5.00. The number of benzene rings is 1. The minimum Gasteiger partial charge on any atom is -0.481 e. The predicted molar refractivity (Wildman–Crippen MR) is 99.2 cm³/mol. The lowest BCUT2D eigenvalue weighted by molar-refractivity contribution is -0.144. The predicted octanol–water partition coefficient (Wildman–Crippen LogP) is 3.58. The number of aliphatic carboxylic acids is 1. The molecule has 3 rings (SSSR count). The van der Waals surface area contributed by atoms with Crippen molar-refractivity contribution in [2.45, 2.75) is 18.8 Å². The molecule has 2 N–H and O–H groups in total. The number of pyridine rings is 1. The SMILES string of the molecule is O=C(O)C1CNCCC1C(CC=Cc1ccncc1)c1ccccc1. The van der Waals surface area contributed by atoms with Crippen LogP contribution in [0.25, 0.3) is 6.08 Å². The van der Waals surface area contributed by atoms with Crippen molar-refractivity contribution in [2.24, 2.45) is 11.8 Å². The zero-order chi connectivity index (χ0) is 17.5. The fourth-order valence-corrected chi connectivity index (χ4v) is 3.71. The number of hydrogen-bond donors (Lipinski definition) is 2. The number of carbonyl (C=O) groups is 1. The van der Waals surface area contributed by atoms with Crippen molar-refractivity contribution in [3.8, 4) is 0 Å². The van der Waals surface area contributed by atoms with Gasteiger partial charge in [-0.05, 0) is 54.5 Å². The molecular formula is C21H24N2O2. The van der Waals surface area contributed by atoms with Gasteiger partial charge in [-0.1, -0.05) is 42.5 Å². The van der Waals surface area contributed by atoms with Gasteiger partial charge in [-0.3, -0.25) is 9.78 Å². The van der Waals surface area contributed by atoms with Crippen LogP contribution in [0.2, 0.25) is 0 Å². The summed E-state index contributed by atoms with van der Waals surface area (Å²) in [5.74, 6) is -0.685. The molecule has 3 atom stereocenters. The van der Waals surface area contributed by atoms with Gasteiger partial charge in [0, 0.05) is 18.9 Å². The molecule has 2 heterocycles. The first-order valence-electron chi connectivity index (χ1n) is 8.80. The zero-order valence-electron chi connectivity index (χ0n) is 14.2. The number of aromatic nitrogens is 1. The number of nitrogens with zero attached hydrogens (tertiary/aromatic N) is 1. The first-order chi connectivity index (χ1) is 12.3. The minimum atomic E-state index is -0.698. The van der Waals surface area contributed by atoms with Gasteiger partial charge < -0.3 is 10.4 Å². The van der Waals surface area contributed by atoms with E-state index in [1.807, 2.05) is 30.3 Å². The Morgan fingerprint density at radius 2 is 2.00 bits per heavy atom. The average Bonchev–Trinajstić information content (AvgIpc) is 2.67. The first kappa shape index (κ1) is 17.4. The monoisotopic (exact) mass is 336 g/mol. The van der Waals surface area contributed by atoms with Crippen molar-refractivity contribution in [1.82, 2.24) is 10.3 Å². The molecule has 130 valence electrons. The minimum absolute atomic E-state index is 0.142. The van der Waals surface area contributed by atoms with E-state index in [1.165, 1.54) is 5.56 Å². The summed E-state index contributed by atoms with van der Waals surface area (Å²) in [6.45, 7) is 1.43. The van der Waals surface area contributed by atoms with Gasteiger partial charge in [-0.15, -0.1) is 0 Å². The maximum absolute atomic E-state index is 11.7. The van der Waals surface area contributed by atoms with E-state index < -0.39 is 5.97 Å². The number of hydrogen-bond acceptors (Lipinski definition) is 3. The van der Waals surface area contributed by atoms with Gasteiger partial charge in [0.25, 0.3) is 0 Å². The van der Waals surface area contributed by atoms with Crippen molar-refractivity contribution < 1.29 is 9.90 Å². The van der Waals surface area contributed by atoms with Gasteiger partial charge in [-0.2, -0.15) is 0 Å². The van der Waals surface area contributed by atoms with Crippen LogP contribution in [0.5, 0.6) is 0 Å². The van der Waals surface area contributed by atoms with E-state index in [1.54, 1.807) is 12.4 Å². The Balaban J connectivity index is 1.82. The molecule has 0 amide bonds. The summed E-state index contributed by atoms with van der Waals surface area (Å²) in [6.07, 6.45) is 9.53. The molecule has 1 fully saturated rings. The van der Waals surface area contributed by atoms with Crippen molar-refractivity contribution in [3.63, 3.8) is 0 Å². The Morgan fingerprint density at radius 1 is 1.24 bits per heavy atom. The van der Waals surface area contributed by atoms with Crippen LogP contribution in [0.1, 0.15) is 29.9 Å². The molecule has 1 aliphatic rings. The number of carboxylic acid groups (broad SMARTS) is 1. The van der Waals surface area contributed by atoms with E-state index in [-0.39, 0.29) is 17.8 Å². The third-order valence-electron chi connectivity index (χ3n) is 5.00. The van der Waals surface area contributed by atoms with E-state index in [2.05, 4.69) is 34.6 Å². The van der Waals surface area contributed by atoms with Crippen molar-refractivity contribution >= 4 is 12.0 Å². The summed E-state index contributed by atoms with van der Waals surface area (Å²) >= 11 is 0. The van der Waals surface area contributed by atoms with Crippen LogP contribution < -0.4 is 5.32 Å². The van der Waals surface area contributed by atoms with Gasteiger partial charge in [0.2, 0.25) is 0 Å². The lowest BCUT2D eigenvalue weighted by Gasteiger charge is -2.35. The molecule has 0 saturated carbocycles. The molecule has 1 saturated heterocycles. The third kappa shape index (κ3) is 4.54. The Labute approximate surface area is 148 Å². The molecule has 0 bridgehead atoms. The van der Waals surface area contributed by atoms with E-state index in [4.69, 9.17) is 0 Å². The Hall–Kier alpha value is -2.46. The number of allylic oxidation sites excluding steroid dienone is 1. The molecule has 0 spiro atoms. The van der Waals surface area contributed by atoms with E-state index in [0.717, 1.165) is 24.9 Å². The van der Waals surface area contributed by atoms with Crippen LogP contribution in [0.4, 0.5) is 0 Å².